The third kappa shape index (κ3) is 6.87. The van der Waals surface area contributed by atoms with Crippen molar-refractivity contribution in [2.24, 2.45) is 5.73 Å². The van der Waals surface area contributed by atoms with Gasteiger partial charge in [-0.25, -0.2) is 0 Å². The van der Waals surface area contributed by atoms with Crippen molar-refractivity contribution in [1.29, 1.82) is 0 Å². The van der Waals surface area contributed by atoms with Crippen LogP contribution in [-0.2, 0) is 19.1 Å². The molecule has 0 aromatic rings. The third-order valence-corrected chi connectivity index (χ3v) is 1.74. The number of hydrogen-bond donors (Lipinski definition) is 2. The molecule has 0 radical (unpaired) electrons. The minimum absolute atomic E-state index is 0.117. The Morgan fingerprint density at radius 2 is 2.13 bits per heavy atom. The van der Waals surface area contributed by atoms with Gasteiger partial charge < -0.3 is 20.5 Å². The lowest BCUT2D eigenvalue weighted by Gasteiger charge is -2.12. The molecule has 0 fully saturated rings. The first-order valence-electron chi connectivity index (χ1n) is 4.79. The second kappa shape index (κ2) is 8.19. The zero-order valence-corrected chi connectivity index (χ0v) is 9.12. The van der Waals surface area contributed by atoms with Crippen molar-refractivity contribution in [3.63, 3.8) is 0 Å². The molecular weight excluding hydrogens is 200 g/mol. The summed E-state index contributed by atoms with van der Waals surface area (Å²) in [6.45, 7) is 2.16. The number of carbonyl (C=O) groups is 2. The summed E-state index contributed by atoms with van der Waals surface area (Å²) in [6, 6.07) is 0. The highest BCUT2D eigenvalue weighted by molar-refractivity contribution is 5.82. The Labute approximate surface area is 89.1 Å². The highest BCUT2D eigenvalue weighted by atomic mass is 16.5. The molecule has 0 bridgehead atoms. The molecule has 0 aromatic heterocycles. The van der Waals surface area contributed by atoms with Crippen molar-refractivity contribution in [1.82, 2.24) is 5.32 Å². The summed E-state index contributed by atoms with van der Waals surface area (Å²) in [5, 5.41) is 2.42. The van der Waals surface area contributed by atoms with Crippen molar-refractivity contribution in [3.8, 4) is 0 Å². The molecule has 0 saturated heterocycles. The quantitative estimate of drug-likeness (QED) is 0.536. The van der Waals surface area contributed by atoms with Gasteiger partial charge in [-0.2, -0.15) is 0 Å². The summed E-state index contributed by atoms with van der Waals surface area (Å²) in [5.74, 6) is -0.729. The number of nitrogens with one attached hydrogen (secondary N) is 1. The van der Waals surface area contributed by atoms with Gasteiger partial charge in [0.25, 0.3) is 0 Å². The number of carbonyl (C=O) groups excluding carboxylic acids is 2. The molecule has 0 rings (SSSR count). The summed E-state index contributed by atoms with van der Waals surface area (Å²) in [5.41, 5.74) is 5.34. The molecule has 0 spiro atoms. The van der Waals surface area contributed by atoms with E-state index in [9.17, 15) is 9.59 Å². The first-order valence-corrected chi connectivity index (χ1v) is 4.79. The monoisotopic (exact) mass is 218 g/mol. The molecule has 0 aromatic carbocycles. The molecule has 1 atom stereocenters. The lowest BCUT2D eigenvalue weighted by Crippen LogP contribution is -2.35. The minimum atomic E-state index is -0.451. The molecular formula is C9H18N2O4. The second-order valence-electron chi connectivity index (χ2n) is 2.88. The van der Waals surface area contributed by atoms with Crippen LogP contribution in [0.3, 0.4) is 0 Å². The van der Waals surface area contributed by atoms with Gasteiger partial charge in [-0.15, -0.1) is 0 Å². The van der Waals surface area contributed by atoms with Crippen molar-refractivity contribution < 1.29 is 19.1 Å². The van der Waals surface area contributed by atoms with E-state index in [-0.39, 0.29) is 31.5 Å². The van der Waals surface area contributed by atoms with Crippen LogP contribution in [0.25, 0.3) is 0 Å². The normalized spacial score (nSPS) is 11.9. The van der Waals surface area contributed by atoms with Crippen LogP contribution >= 0.6 is 0 Å². The van der Waals surface area contributed by atoms with E-state index in [1.807, 2.05) is 0 Å². The molecule has 0 heterocycles. The Morgan fingerprint density at radius 3 is 2.60 bits per heavy atom. The van der Waals surface area contributed by atoms with Gasteiger partial charge >= 0.3 is 5.97 Å². The zero-order valence-electron chi connectivity index (χ0n) is 9.12. The first-order chi connectivity index (χ1) is 7.13. The van der Waals surface area contributed by atoms with Crippen LogP contribution in [0.2, 0.25) is 0 Å². The fourth-order valence-corrected chi connectivity index (χ4v) is 0.925. The van der Waals surface area contributed by atoms with E-state index in [2.05, 4.69) is 10.1 Å². The third-order valence-electron chi connectivity index (χ3n) is 1.74. The molecule has 1 unspecified atom stereocenters. The summed E-state index contributed by atoms with van der Waals surface area (Å²) in [7, 11) is 1.48. The van der Waals surface area contributed by atoms with E-state index in [0.29, 0.717) is 6.61 Å². The Balaban J connectivity index is 3.69. The molecule has 0 saturated carbocycles. The number of nitrogens with two attached hydrogens (primary N) is 1. The lowest BCUT2D eigenvalue weighted by atomic mass is 10.2. The van der Waals surface area contributed by atoms with Gasteiger partial charge in [-0.3, -0.25) is 9.59 Å². The van der Waals surface area contributed by atoms with E-state index in [1.54, 1.807) is 6.92 Å². The lowest BCUT2D eigenvalue weighted by molar-refractivity contribution is -0.143. The number of amides is 1. The maximum atomic E-state index is 11.2. The Hall–Kier alpha value is -1.14. The summed E-state index contributed by atoms with van der Waals surface area (Å²) in [6.07, 6.45) is -0.168. The van der Waals surface area contributed by atoms with E-state index in [4.69, 9.17) is 10.5 Å². The maximum absolute atomic E-state index is 11.2. The van der Waals surface area contributed by atoms with Crippen molar-refractivity contribution in [2.45, 2.75) is 19.4 Å². The maximum Gasteiger partial charge on any atom is 0.325 e. The molecule has 0 aliphatic carbocycles. The average Bonchev–Trinajstić information content (AvgIpc) is 2.23. The topological polar surface area (TPSA) is 90.7 Å². The van der Waals surface area contributed by atoms with Crippen LogP contribution in [0.15, 0.2) is 0 Å². The minimum Gasteiger partial charge on any atom is -0.465 e. The van der Waals surface area contributed by atoms with Gasteiger partial charge in [-0.1, -0.05) is 0 Å². The van der Waals surface area contributed by atoms with Crippen molar-refractivity contribution in [3.05, 3.63) is 0 Å². The van der Waals surface area contributed by atoms with Crippen LogP contribution in [0.4, 0.5) is 0 Å². The highest BCUT2D eigenvalue weighted by Gasteiger charge is 2.12. The smallest absolute Gasteiger partial charge is 0.325 e. The van der Waals surface area contributed by atoms with Crippen LogP contribution in [-0.4, -0.2) is 44.8 Å². The van der Waals surface area contributed by atoms with Crippen LogP contribution in [0, 0.1) is 0 Å². The number of esters is 1. The molecule has 6 heteroatoms. The first kappa shape index (κ1) is 13.9. The zero-order chi connectivity index (χ0) is 11.7. The van der Waals surface area contributed by atoms with E-state index < -0.39 is 5.97 Å². The van der Waals surface area contributed by atoms with Crippen LogP contribution in [0.5, 0.6) is 0 Å². The van der Waals surface area contributed by atoms with E-state index in [1.165, 1.54) is 7.11 Å². The predicted octanol–water partition coefficient (Wildman–Crippen LogP) is -0.970. The number of rotatable bonds is 7. The second-order valence-corrected chi connectivity index (χ2v) is 2.88. The van der Waals surface area contributed by atoms with Crippen LogP contribution < -0.4 is 11.1 Å². The summed E-state index contributed by atoms with van der Waals surface area (Å²) >= 11 is 0. The molecule has 15 heavy (non-hydrogen) atoms. The fraction of sp³-hybridized carbons (Fsp3) is 0.778. The Kier molecular flexibility index (Phi) is 7.57. The number of methoxy groups -OCH3 is 1. The molecule has 6 nitrogen and oxygen atoms in total. The SMILES string of the molecule is CCOC(=O)CNC(=O)CC(CN)OC. The van der Waals surface area contributed by atoms with Crippen molar-refractivity contribution in [2.75, 3.05) is 26.8 Å². The van der Waals surface area contributed by atoms with Gasteiger partial charge in [0.1, 0.15) is 6.54 Å². The van der Waals surface area contributed by atoms with Gasteiger partial charge in [0.15, 0.2) is 0 Å². The van der Waals surface area contributed by atoms with Gasteiger partial charge in [0.2, 0.25) is 5.91 Å². The van der Waals surface area contributed by atoms with Gasteiger partial charge in [-0.05, 0) is 6.92 Å². The molecule has 88 valence electrons. The number of ether oxygens (including phenoxy) is 2. The molecule has 3 N–H and O–H groups in total. The van der Waals surface area contributed by atoms with Gasteiger partial charge in [0, 0.05) is 13.7 Å². The summed E-state index contributed by atoms with van der Waals surface area (Å²) < 4.78 is 9.56. The summed E-state index contributed by atoms with van der Waals surface area (Å²) in [4.78, 5) is 22.1. The number of hydrogen-bond acceptors (Lipinski definition) is 5. The Bertz CT molecular complexity index is 204. The van der Waals surface area contributed by atoms with Crippen LogP contribution in [0.1, 0.15) is 13.3 Å². The predicted molar refractivity (Wildman–Crippen MR) is 54.1 cm³/mol. The molecule has 0 aliphatic rings. The highest BCUT2D eigenvalue weighted by Crippen LogP contribution is 1.93. The molecule has 1 amide bonds. The molecule has 0 aliphatic heterocycles. The van der Waals surface area contributed by atoms with E-state index >= 15 is 0 Å². The van der Waals surface area contributed by atoms with Gasteiger partial charge in [0.05, 0.1) is 19.1 Å². The standard InChI is InChI=1S/C9H18N2O4/c1-3-15-9(13)6-11-8(12)4-7(5-10)14-2/h7H,3-6,10H2,1-2H3,(H,11,12). The average molecular weight is 218 g/mol. The fourth-order valence-electron chi connectivity index (χ4n) is 0.925. The van der Waals surface area contributed by atoms with Crippen molar-refractivity contribution >= 4 is 11.9 Å². The van der Waals surface area contributed by atoms with E-state index in [0.717, 1.165) is 0 Å². The largest absolute Gasteiger partial charge is 0.465 e. The Morgan fingerprint density at radius 1 is 1.47 bits per heavy atom.